The number of rotatable bonds is 5. The maximum absolute atomic E-state index is 2.32. The lowest BCUT2D eigenvalue weighted by Crippen LogP contribution is -2.46. The van der Waals surface area contributed by atoms with E-state index in [1.165, 1.54) is 34.3 Å². The van der Waals surface area contributed by atoms with Gasteiger partial charge in [0.1, 0.15) is 0 Å². The highest BCUT2D eigenvalue weighted by molar-refractivity contribution is 7.98. The van der Waals surface area contributed by atoms with Gasteiger partial charge < -0.3 is 0 Å². The minimum atomic E-state index is 0.751. The first-order valence-corrected chi connectivity index (χ1v) is 11.0. The molecular formula is C23H28S. The molecule has 4 bridgehead atoms. The molecule has 2 aromatic carbocycles. The van der Waals surface area contributed by atoms with Gasteiger partial charge in [-0.25, -0.2) is 0 Å². The Balaban J connectivity index is 1.21. The average Bonchev–Trinajstić information content (AvgIpc) is 2.58. The van der Waals surface area contributed by atoms with E-state index in [1.54, 1.807) is 38.5 Å². The zero-order chi connectivity index (χ0) is 16.0. The minimum Gasteiger partial charge on any atom is -0.157 e. The smallest absolute Gasteiger partial charge is 0.0190 e. The summed E-state index contributed by atoms with van der Waals surface area (Å²) in [6.07, 6.45) is 10.9. The summed E-state index contributed by atoms with van der Waals surface area (Å²) in [5.74, 6) is 5.82. The van der Waals surface area contributed by atoms with Crippen molar-refractivity contribution in [1.29, 1.82) is 0 Å². The predicted octanol–water partition coefficient (Wildman–Crippen LogP) is 6.68. The van der Waals surface area contributed by atoms with Crippen molar-refractivity contribution < 1.29 is 0 Å². The molecule has 4 aliphatic carbocycles. The maximum Gasteiger partial charge on any atom is 0.0190 e. The molecule has 6 rings (SSSR count). The van der Waals surface area contributed by atoms with Crippen molar-refractivity contribution in [3.05, 3.63) is 48.0 Å². The van der Waals surface area contributed by atoms with Crippen molar-refractivity contribution in [3.8, 4) is 0 Å². The zero-order valence-electron chi connectivity index (χ0n) is 14.5. The highest BCUT2D eigenvalue weighted by Gasteiger charge is 2.50. The molecule has 0 nitrogen and oxygen atoms in total. The van der Waals surface area contributed by atoms with Gasteiger partial charge in [-0.05, 0) is 90.2 Å². The predicted molar refractivity (Wildman–Crippen MR) is 105 cm³/mol. The molecular weight excluding hydrogens is 308 g/mol. The van der Waals surface area contributed by atoms with Crippen LogP contribution in [0.25, 0.3) is 10.8 Å². The summed E-state index contributed by atoms with van der Waals surface area (Å²) in [4.78, 5) is 0. The first-order valence-electron chi connectivity index (χ1n) is 9.84. The van der Waals surface area contributed by atoms with Crippen LogP contribution in [0.4, 0.5) is 0 Å². The Morgan fingerprint density at radius 1 is 0.833 bits per heavy atom. The van der Waals surface area contributed by atoms with Crippen LogP contribution in [0.3, 0.4) is 0 Å². The number of thioether (sulfide) groups is 1. The van der Waals surface area contributed by atoms with Crippen molar-refractivity contribution in [2.75, 3.05) is 5.75 Å². The molecule has 0 amide bonds. The van der Waals surface area contributed by atoms with E-state index in [0.717, 1.165) is 23.2 Å². The van der Waals surface area contributed by atoms with Gasteiger partial charge >= 0.3 is 0 Å². The molecule has 0 heterocycles. The summed E-state index contributed by atoms with van der Waals surface area (Å²) in [5, 5.41) is 2.83. The van der Waals surface area contributed by atoms with Crippen molar-refractivity contribution in [2.24, 2.45) is 23.2 Å². The Hall–Kier alpha value is -0.950. The number of hydrogen-bond donors (Lipinski definition) is 0. The fraction of sp³-hybridized carbons (Fsp3) is 0.565. The Kier molecular flexibility index (Phi) is 3.89. The minimum absolute atomic E-state index is 0.751. The van der Waals surface area contributed by atoms with Crippen LogP contribution in [0, 0.1) is 23.2 Å². The molecule has 2 aromatic rings. The average molecular weight is 337 g/mol. The first kappa shape index (κ1) is 15.3. The molecule has 0 radical (unpaired) electrons. The molecule has 0 spiro atoms. The van der Waals surface area contributed by atoms with Crippen molar-refractivity contribution in [1.82, 2.24) is 0 Å². The van der Waals surface area contributed by atoms with Crippen molar-refractivity contribution in [3.63, 3.8) is 0 Å². The van der Waals surface area contributed by atoms with Gasteiger partial charge in [0, 0.05) is 5.75 Å². The molecule has 0 saturated heterocycles. The Bertz CT molecular complexity index is 691. The zero-order valence-corrected chi connectivity index (χ0v) is 15.4. The molecule has 1 heteroatoms. The third-order valence-electron chi connectivity index (χ3n) is 7.08. The first-order chi connectivity index (χ1) is 11.8. The lowest BCUT2D eigenvalue weighted by molar-refractivity contribution is -0.0538. The fourth-order valence-corrected chi connectivity index (χ4v) is 7.68. The highest BCUT2D eigenvalue weighted by Crippen LogP contribution is 2.61. The van der Waals surface area contributed by atoms with Gasteiger partial charge in [0.05, 0.1) is 0 Å². The normalized spacial score (nSPS) is 34.1. The summed E-state index contributed by atoms with van der Waals surface area (Å²) in [7, 11) is 0. The summed E-state index contributed by atoms with van der Waals surface area (Å²) >= 11 is 2.17. The lowest BCUT2D eigenvalue weighted by Gasteiger charge is -2.57. The van der Waals surface area contributed by atoms with Crippen LogP contribution in [0.2, 0.25) is 0 Å². The molecule has 0 atom stereocenters. The summed E-state index contributed by atoms with van der Waals surface area (Å²) < 4.78 is 0. The van der Waals surface area contributed by atoms with Crippen LogP contribution in [0.5, 0.6) is 0 Å². The van der Waals surface area contributed by atoms with Crippen molar-refractivity contribution in [2.45, 2.75) is 50.7 Å². The Morgan fingerprint density at radius 2 is 1.50 bits per heavy atom. The molecule has 4 saturated carbocycles. The van der Waals surface area contributed by atoms with Gasteiger partial charge in [0.15, 0.2) is 0 Å². The van der Waals surface area contributed by atoms with Gasteiger partial charge in [-0.3, -0.25) is 0 Å². The van der Waals surface area contributed by atoms with Gasteiger partial charge in [-0.2, -0.15) is 11.8 Å². The van der Waals surface area contributed by atoms with Crippen LogP contribution in [0.1, 0.15) is 50.5 Å². The number of fused-ring (bicyclic) bond motifs is 1. The number of hydrogen-bond acceptors (Lipinski definition) is 1. The summed E-state index contributed by atoms with van der Waals surface area (Å²) in [6.45, 7) is 0. The fourth-order valence-electron chi connectivity index (χ4n) is 6.49. The van der Waals surface area contributed by atoms with E-state index in [4.69, 9.17) is 0 Å². The maximum atomic E-state index is 2.32. The van der Waals surface area contributed by atoms with Crippen LogP contribution in [-0.4, -0.2) is 5.75 Å². The van der Waals surface area contributed by atoms with E-state index in [2.05, 4.69) is 54.2 Å². The third-order valence-corrected chi connectivity index (χ3v) is 8.09. The van der Waals surface area contributed by atoms with Crippen LogP contribution < -0.4 is 0 Å². The van der Waals surface area contributed by atoms with E-state index < -0.39 is 0 Å². The van der Waals surface area contributed by atoms with E-state index in [-0.39, 0.29) is 0 Å². The molecule has 0 unspecified atom stereocenters. The van der Waals surface area contributed by atoms with Crippen LogP contribution in [-0.2, 0) is 5.75 Å². The SMILES string of the molecule is c1ccc2c(CSCCC34CC5CC(CC(C5)C3)C4)cccc2c1. The molecule has 24 heavy (non-hydrogen) atoms. The van der Waals surface area contributed by atoms with E-state index in [9.17, 15) is 0 Å². The third kappa shape index (κ3) is 2.79. The second-order valence-electron chi connectivity index (χ2n) is 8.86. The van der Waals surface area contributed by atoms with Crippen LogP contribution in [0.15, 0.2) is 42.5 Å². The lowest BCUT2D eigenvalue weighted by atomic mass is 9.49. The monoisotopic (exact) mass is 336 g/mol. The molecule has 0 aliphatic heterocycles. The van der Waals surface area contributed by atoms with E-state index in [0.29, 0.717) is 0 Å². The molecule has 4 aliphatic rings. The van der Waals surface area contributed by atoms with Crippen LogP contribution >= 0.6 is 11.8 Å². The van der Waals surface area contributed by atoms with Gasteiger partial charge in [0.25, 0.3) is 0 Å². The molecule has 4 fully saturated rings. The Morgan fingerprint density at radius 3 is 2.25 bits per heavy atom. The second kappa shape index (κ2) is 6.09. The van der Waals surface area contributed by atoms with Crippen molar-refractivity contribution >= 4 is 22.5 Å². The summed E-state index contributed by atoms with van der Waals surface area (Å²) in [5.41, 5.74) is 2.27. The van der Waals surface area contributed by atoms with E-state index >= 15 is 0 Å². The highest BCUT2D eigenvalue weighted by atomic mass is 32.2. The van der Waals surface area contributed by atoms with Gasteiger partial charge in [-0.1, -0.05) is 42.5 Å². The number of benzene rings is 2. The molecule has 126 valence electrons. The largest absolute Gasteiger partial charge is 0.157 e. The standard InChI is InChI=1S/C23H28S/c1-2-7-22-20(4-1)5-3-6-21(22)16-24-9-8-23-13-17-10-18(14-23)12-19(11-17)15-23/h1-7,17-19H,8-16H2. The van der Waals surface area contributed by atoms with Gasteiger partial charge in [-0.15, -0.1) is 0 Å². The summed E-state index contributed by atoms with van der Waals surface area (Å²) in [6, 6.07) is 15.6. The topological polar surface area (TPSA) is 0 Å². The second-order valence-corrected chi connectivity index (χ2v) is 9.96. The van der Waals surface area contributed by atoms with Gasteiger partial charge in [0.2, 0.25) is 0 Å². The van der Waals surface area contributed by atoms with E-state index in [1.807, 2.05) is 0 Å². The quantitative estimate of drug-likeness (QED) is 0.549. The Labute approximate surface area is 150 Å². The molecule has 0 aromatic heterocycles. The molecule has 0 N–H and O–H groups in total.